The summed E-state index contributed by atoms with van der Waals surface area (Å²) < 4.78 is 4.82. The molecular weight excluding hydrogens is 268 g/mol. The predicted octanol–water partition coefficient (Wildman–Crippen LogP) is 2.66. The molecule has 0 spiro atoms. The highest BCUT2D eigenvalue weighted by Crippen LogP contribution is 2.55. The summed E-state index contributed by atoms with van der Waals surface area (Å²) in [4.78, 5) is 22.5. The van der Waals surface area contributed by atoms with Crippen molar-refractivity contribution in [3.63, 3.8) is 0 Å². The van der Waals surface area contributed by atoms with E-state index in [9.17, 15) is 14.7 Å². The minimum absolute atomic E-state index is 0.00171. The van der Waals surface area contributed by atoms with E-state index >= 15 is 0 Å². The molecule has 0 aromatic rings. The van der Waals surface area contributed by atoms with Crippen molar-refractivity contribution in [1.29, 1.82) is 0 Å². The maximum atomic E-state index is 11.4. The number of aliphatic hydroxyl groups is 1. The molecule has 0 aliphatic heterocycles. The fourth-order valence-electron chi connectivity index (χ4n) is 2.97. The molecule has 0 heterocycles. The van der Waals surface area contributed by atoms with Gasteiger partial charge in [0.15, 0.2) is 5.78 Å². The fraction of sp³-hybridized carbons (Fsp3) is 0.647. The van der Waals surface area contributed by atoms with Crippen LogP contribution in [-0.4, -0.2) is 29.1 Å². The van der Waals surface area contributed by atoms with Gasteiger partial charge in [0.05, 0.1) is 12.2 Å². The van der Waals surface area contributed by atoms with Gasteiger partial charge >= 0.3 is 5.97 Å². The van der Waals surface area contributed by atoms with E-state index < -0.39 is 11.6 Å². The summed E-state index contributed by atoms with van der Waals surface area (Å²) in [7, 11) is 0. The van der Waals surface area contributed by atoms with Crippen LogP contribution >= 0.6 is 0 Å². The quantitative estimate of drug-likeness (QED) is 0.604. The Kier molecular flexibility index (Phi) is 5.51. The number of hydrogen-bond donors (Lipinski definition) is 1. The number of ether oxygens (including phenoxy) is 1. The first kappa shape index (κ1) is 17.6. The van der Waals surface area contributed by atoms with Gasteiger partial charge in [0.25, 0.3) is 0 Å². The summed E-state index contributed by atoms with van der Waals surface area (Å²) in [6, 6.07) is 0. The number of ketones is 1. The van der Waals surface area contributed by atoms with Crippen LogP contribution in [0.15, 0.2) is 24.3 Å². The maximum Gasteiger partial charge on any atom is 0.330 e. The van der Waals surface area contributed by atoms with Gasteiger partial charge in [-0.3, -0.25) is 4.79 Å². The van der Waals surface area contributed by atoms with Crippen LogP contribution in [0.3, 0.4) is 0 Å². The number of esters is 1. The van der Waals surface area contributed by atoms with Gasteiger partial charge in [-0.15, -0.1) is 0 Å². The molecule has 0 aromatic heterocycles. The van der Waals surface area contributed by atoms with E-state index in [2.05, 4.69) is 13.8 Å². The first-order valence-corrected chi connectivity index (χ1v) is 7.37. The Morgan fingerprint density at radius 2 is 2.00 bits per heavy atom. The van der Waals surface area contributed by atoms with Crippen molar-refractivity contribution in [3.05, 3.63) is 24.3 Å². The second-order valence-corrected chi connectivity index (χ2v) is 6.61. The van der Waals surface area contributed by atoms with E-state index in [1.807, 2.05) is 6.08 Å². The summed E-state index contributed by atoms with van der Waals surface area (Å²) in [6.45, 7) is 9.48. The van der Waals surface area contributed by atoms with E-state index in [0.29, 0.717) is 6.61 Å². The van der Waals surface area contributed by atoms with Crippen LogP contribution in [0.2, 0.25) is 0 Å². The predicted molar refractivity (Wildman–Crippen MR) is 81.6 cm³/mol. The maximum absolute atomic E-state index is 11.4. The molecule has 1 rings (SSSR count). The minimum Gasteiger partial charge on any atom is -0.463 e. The number of carbonyl (C=O) groups excluding carboxylic acids is 2. The van der Waals surface area contributed by atoms with Gasteiger partial charge in [-0.05, 0) is 56.6 Å². The van der Waals surface area contributed by atoms with Crippen molar-refractivity contribution < 1.29 is 19.4 Å². The van der Waals surface area contributed by atoms with Gasteiger partial charge in [0.2, 0.25) is 0 Å². The summed E-state index contributed by atoms with van der Waals surface area (Å²) in [5.74, 6) is -0.373. The van der Waals surface area contributed by atoms with Crippen LogP contribution < -0.4 is 0 Å². The van der Waals surface area contributed by atoms with Crippen LogP contribution in [0.25, 0.3) is 0 Å². The third kappa shape index (κ3) is 4.53. The second-order valence-electron chi connectivity index (χ2n) is 6.61. The highest BCUT2D eigenvalue weighted by molar-refractivity contribution is 5.87. The van der Waals surface area contributed by atoms with Crippen molar-refractivity contribution in [2.75, 3.05) is 6.61 Å². The lowest BCUT2D eigenvalue weighted by Crippen LogP contribution is -2.53. The van der Waals surface area contributed by atoms with Gasteiger partial charge in [-0.25, -0.2) is 4.79 Å². The van der Waals surface area contributed by atoms with Gasteiger partial charge < -0.3 is 9.84 Å². The summed E-state index contributed by atoms with van der Waals surface area (Å²) >= 11 is 0. The van der Waals surface area contributed by atoms with E-state index in [0.717, 1.165) is 6.42 Å². The third-order valence-corrected chi connectivity index (χ3v) is 4.21. The van der Waals surface area contributed by atoms with Crippen LogP contribution in [0.1, 0.15) is 41.0 Å². The largest absolute Gasteiger partial charge is 0.463 e. The molecule has 0 bridgehead atoms. The Hall–Kier alpha value is -1.42. The topological polar surface area (TPSA) is 63.6 Å². The lowest BCUT2D eigenvalue weighted by Gasteiger charge is -2.55. The highest BCUT2D eigenvalue weighted by atomic mass is 16.5. The lowest BCUT2D eigenvalue weighted by molar-refractivity contribution is -0.137. The van der Waals surface area contributed by atoms with Crippen LogP contribution in [0.5, 0.6) is 0 Å². The van der Waals surface area contributed by atoms with Gasteiger partial charge in [0.1, 0.15) is 0 Å². The van der Waals surface area contributed by atoms with Crippen molar-refractivity contribution >= 4 is 11.8 Å². The summed E-state index contributed by atoms with van der Waals surface area (Å²) in [6.07, 6.45) is 7.05. The highest BCUT2D eigenvalue weighted by Gasteiger charge is 2.52. The molecular formula is C17H26O4. The molecule has 1 fully saturated rings. The lowest BCUT2D eigenvalue weighted by atomic mass is 9.51. The monoisotopic (exact) mass is 294 g/mol. The Labute approximate surface area is 126 Å². The molecule has 21 heavy (non-hydrogen) atoms. The molecule has 4 heteroatoms. The zero-order chi connectivity index (χ0) is 16.3. The average Bonchev–Trinajstić information content (AvgIpc) is 2.34. The van der Waals surface area contributed by atoms with Crippen molar-refractivity contribution in [2.24, 2.45) is 17.3 Å². The number of hydrogen-bond acceptors (Lipinski definition) is 4. The third-order valence-electron chi connectivity index (χ3n) is 4.21. The summed E-state index contributed by atoms with van der Waals surface area (Å²) in [5.41, 5.74) is -1.06. The molecule has 0 unspecified atom stereocenters. The molecule has 1 aliphatic rings. The Bertz CT molecular complexity index is 457. The molecule has 0 aromatic carbocycles. The van der Waals surface area contributed by atoms with Crippen LogP contribution in [-0.2, 0) is 14.3 Å². The Balaban J connectivity index is 2.82. The number of rotatable bonds is 6. The standard InChI is InChI=1S/C17H26O4/c1-6-21-15(19)9-10-17(5,20)14-11-16(3,4)13(14)8-7-12(2)18/h7-10,13-14,20H,6,11H2,1-5H3/b8-7+,10-9+/t13-,14+,17+/m1/s1. The first-order chi connectivity index (χ1) is 9.60. The van der Waals surface area contributed by atoms with Crippen molar-refractivity contribution in [2.45, 2.75) is 46.6 Å². The molecule has 4 nitrogen and oxygen atoms in total. The Morgan fingerprint density at radius 3 is 2.48 bits per heavy atom. The molecule has 3 atom stereocenters. The summed E-state index contributed by atoms with van der Waals surface area (Å²) in [5, 5.41) is 10.6. The average molecular weight is 294 g/mol. The van der Waals surface area contributed by atoms with Crippen molar-refractivity contribution in [1.82, 2.24) is 0 Å². The fourth-order valence-corrected chi connectivity index (χ4v) is 2.97. The molecule has 1 N–H and O–H groups in total. The molecule has 118 valence electrons. The van der Waals surface area contributed by atoms with E-state index in [1.54, 1.807) is 19.9 Å². The van der Waals surface area contributed by atoms with Crippen LogP contribution in [0.4, 0.5) is 0 Å². The van der Waals surface area contributed by atoms with Gasteiger partial charge in [-0.1, -0.05) is 19.9 Å². The second kappa shape index (κ2) is 6.56. The first-order valence-electron chi connectivity index (χ1n) is 7.37. The number of allylic oxidation sites excluding steroid dienone is 2. The van der Waals surface area contributed by atoms with E-state index in [4.69, 9.17) is 4.74 Å². The zero-order valence-corrected chi connectivity index (χ0v) is 13.6. The zero-order valence-electron chi connectivity index (χ0n) is 13.6. The van der Waals surface area contributed by atoms with Gasteiger partial charge in [-0.2, -0.15) is 0 Å². The minimum atomic E-state index is -1.10. The van der Waals surface area contributed by atoms with Gasteiger partial charge in [0, 0.05) is 6.08 Å². The van der Waals surface area contributed by atoms with E-state index in [-0.39, 0.29) is 23.0 Å². The molecule has 1 aliphatic carbocycles. The van der Waals surface area contributed by atoms with Crippen molar-refractivity contribution in [3.8, 4) is 0 Å². The molecule has 0 radical (unpaired) electrons. The Morgan fingerprint density at radius 1 is 1.38 bits per heavy atom. The molecule has 1 saturated carbocycles. The van der Waals surface area contributed by atoms with Crippen LogP contribution in [0, 0.1) is 17.3 Å². The SMILES string of the molecule is CCOC(=O)/C=C/[C@](C)(O)[C@H]1CC(C)(C)[C@@H]1/C=C/C(C)=O. The molecule has 0 amide bonds. The normalized spacial score (nSPS) is 27.3. The van der Waals surface area contributed by atoms with E-state index in [1.165, 1.54) is 19.1 Å². The molecule has 0 saturated heterocycles. The smallest absolute Gasteiger partial charge is 0.330 e. The number of carbonyl (C=O) groups is 2.